The Bertz CT molecular complexity index is 134. The number of hydrogen-bond acceptors (Lipinski definition) is 2. The van der Waals surface area contributed by atoms with Crippen molar-refractivity contribution < 1.29 is 14.4 Å². The van der Waals surface area contributed by atoms with Gasteiger partial charge in [-0.1, -0.05) is 19.8 Å². The molecule has 0 atom stereocenters. The Labute approximate surface area is 67.2 Å². The fraction of sp³-hybridized carbons (Fsp3) is 1.00. The van der Waals surface area contributed by atoms with Crippen LogP contribution in [0.3, 0.4) is 0 Å². The summed E-state index contributed by atoms with van der Waals surface area (Å²) in [7, 11) is -3.83. The molecule has 0 aliphatic rings. The predicted octanol–water partition coefficient (Wildman–Crippen LogP) is 0.901. The minimum absolute atomic E-state index is 0.198. The van der Waals surface area contributed by atoms with Crippen molar-refractivity contribution in [2.45, 2.75) is 26.2 Å². The Balaban J connectivity index is 3.09. The maximum atomic E-state index is 10.3. The van der Waals surface area contributed by atoms with Crippen LogP contribution in [-0.4, -0.2) is 22.6 Å². The van der Waals surface area contributed by atoms with E-state index in [1.165, 1.54) is 0 Å². The van der Waals surface area contributed by atoms with Gasteiger partial charge in [0, 0.05) is 0 Å². The van der Waals surface area contributed by atoms with E-state index in [1.54, 1.807) is 0 Å². The van der Waals surface area contributed by atoms with Gasteiger partial charge < -0.3 is 15.1 Å². The van der Waals surface area contributed by atoms with Gasteiger partial charge in [0.2, 0.25) is 0 Å². The SMILES string of the molecule is CCCCCNCP(=O)(O)O. The molecular formula is C6H16NO3P. The molecule has 0 unspecified atom stereocenters. The molecule has 0 aromatic carbocycles. The lowest BCUT2D eigenvalue weighted by atomic mass is 10.2. The maximum absolute atomic E-state index is 10.3. The third kappa shape index (κ3) is 10.1. The molecule has 3 N–H and O–H groups in total. The number of unbranched alkanes of at least 4 members (excludes halogenated alkanes) is 2. The summed E-state index contributed by atoms with van der Waals surface area (Å²) in [6, 6.07) is 0. The summed E-state index contributed by atoms with van der Waals surface area (Å²) in [5.41, 5.74) is 0. The first-order valence-electron chi connectivity index (χ1n) is 3.81. The smallest absolute Gasteiger partial charge is 0.324 e. The first kappa shape index (κ1) is 11.1. The maximum Gasteiger partial charge on any atom is 0.339 e. The Morgan fingerprint density at radius 3 is 2.45 bits per heavy atom. The highest BCUT2D eigenvalue weighted by atomic mass is 31.2. The second-order valence-corrected chi connectivity index (χ2v) is 4.18. The van der Waals surface area contributed by atoms with Gasteiger partial charge in [0.25, 0.3) is 0 Å². The van der Waals surface area contributed by atoms with Crippen molar-refractivity contribution in [1.29, 1.82) is 0 Å². The molecule has 0 aliphatic carbocycles. The second-order valence-electron chi connectivity index (χ2n) is 2.53. The highest BCUT2D eigenvalue weighted by molar-refractivity contribution is 7.51. The van der Waals surface area contributed by atoms with Gasteiger partial charge in [-0.15, -0.1) is 0 Å². The molecule has 0 fully saturated rings. The third-order valence-electron chi connectivity index (χ3n) is 1.27. The molecule has 0 aliphatic heterocycles. The van der Waals surface area contributed by atoms with Gasteiger partial charge >= 0.3 is 7.60 Å². The highest BCUT2D eigenvalue weighted by Crippen LogP contribution is 2.31. The summed E-state index contributed by atoms with van der Waals surface area (Å²) >= 11 is 0. The van der Waals surface area contributed by atoms with Gasteiger partial charge in [0.1, 0.15) is 0 Å². The van der Waals surface area contributed by atoms with Crippen LogP contribution in [-0.2, 0) is 4.57 Å². The van der Waals surface area contributed by atoms with Crippen LogP contribution >= 0.6 is 7.60 Å². The van der Waals surface area contributed by atoms with E-state index in [-0.39, 0.29) is 6.29 Å². The second kappa shape index (κ2) is 5.72. The predicted molar refractivity (Wildman–Crippen MR) is 44.4 cm³/mol. The molecule has 11 heavy (non-hydrogen) atoms. The quantitative estimate of drug-likeness (QED) is 0.420. The summed E-state index contributed by atoms with van der Waals surface area (Å²) < 4.78 is 10.3. The molecule has 4 nitrogen and oxygen atoms in total. The first-order valence-corrected chi connectivity index (χ1v) is 5.61. The van der Waals surface area contributed by atoms with Crippen LogP contribution < -0.4 is 5.32 Å². The van der Waals surface area contributed by atoms with E-state index in [1.807, 2.05) is 0 Å². The average molecular weight is 181 g/mol. The summed E-state index contributed by atoms with van der Waals surface area (Å²) in [5.74, 6) is 0. The lowest BCUT2D eigenvalue weighted by Gasteiger charge is -2.04. The molecule has 0 spiro atoms. The largest absolute Gasteiger partial charge is 0.339 e. The van der Waals surface area contributed by atoms with E-state index in [2.05, 4.69) is 12.2 Å². The molecular weight excluding hydrogens is 165 g/mol. The van der Waals surface area contributed by atoms with Crippen molar-refractivity contribution in [3.8, 4) is 0 Å². The molecule has 0 rings (SSSR count). The summed E-state index contributed by atoms with van der Waals surface area (Å²) in [5, 5.41) is 2.70. The monoisotopic (exact) mass is 181 g/mol. The van der Waals surface area contributed by atoms with Crippen molar-refractivity contribution in [2.24, 2.45) is 0 Å². The Hall–Kier alpha value is 0.110. The molecule has 5 heteroatoms. The van der Waals surface area contributed by atoms with Crippen LogP contribution in [0.2, 0.25) is 0 Å². The van der Waals surface area contributed by atoms with Crippen molar-refractivity contribution in [2.75, 3.05) is 12.8 Å². The van der Waals surface area contributed by atoms with E-state index in [0.717, 1.165) is 19.3 Å². The highest BCUT2D eigenvalue weighted by Gasteiger charge is 2.10. The number of hydrogen-bond donors (Lipinski definition) is 3. The summed E-state index contributed by atoms with van der Waals surface area (Å²) in [4.78, 5) is 16.8. The van der Waals surface area contributed by atoms with Crippen molar-refractivity contribution in [3.63, 3.8) is 0 Å². The van der Waals surface area contributed by atoms with Gasteiger partial charge in [-0.2, -0.15) is 0 Å². The fourth-order valence-corrected chi connectivity index (χ4v) is 1.17. The molecule has 0 amide bonds. The van der Waals surface area contributed by atoms with Gasteiger partial charge in [-0.25, -0.2) is 0 Å². The van der Waals surface area contributed by atoms with Gasteiger partial charge in [0.05, 0.1) is 6.29 Å². The lowest BCUT2D eigenvalue weighted by molar-refractivity contribution is 0.367. The third-order valence-corrected chi connectivity index (χ3v) is 1.91. The van der Waals surface area contributed by atoms with E-state index < -0.39 is 7.60 Å². The Morgan fingerprint density at radius 1 is 1.36 bits per heavy atom. The van der Waals surface area contributed by atoms with E-state index >= 15 is 0 Å². The molecule has 0 heterocycles. The molecule has 0 aromatic heterocycles. The van der Waals surface area contributed by atoms with E-state index in [9.17, 15) is 4.57 Å². The summed E-state index contributed by atoms with van der Waals surface area (Å²) in [6.45, 7) is 2.78. The molecule has 68 valence electrons. The molecule has 0 saturated heterocycles. The molecule has 0 saturated carbocycles. The zero-order valence-electron chi connectivity index (χ0n) is 6.79. The van der Waals surface area contributed by atoms with Crippen LogP contribution in [0.1, 0.15) is 26.2 Å². The van der Waals surface area contributed by atoms with Crippen LogP contribution in [0.4, 0.5) is 0 Å². The van der Waals surface area contributed by atoms with Crippen molar-refractivity contribution in [3.05, 3.63) is 0 Å². The minimum Gasteiger partial charge on any atom is -0.324 e. The van der Waals surface area contributed by atoms with Crippen LogP contribution in [0.5, 0.6) is 0 Å². The normalized spacial score (nSPS) is 11.9. The standard InChI is InChI=1S/C6H16NO3P/c1-2-3-4-5-7-6-11(8,9)10/h7H,2-6H2,1H3,(H2,8,9,10). The van der Waals surface area contributed by atoms with Crippen molar-refractivity contribution in [1.82, 2.24) is 5.32 Å². The van der Waals surface area contributed by atoms with Crippen LogP contribution in [0.25, 0.3) is 0 Å². The van der Waals surface area contributed by atoms with Gasteiger partial charge in [-0.3, -0.25) is 4.57 Å². The zero-order valence-corrected chi connectivity index (χ0v) is 7.68. The zero-order chi connectivity index (χ0) is 8.74. The fourth-order valence-electron chi connectivity index (χ4n) is 0.725. The number of nitrogens with one attached hydrogen (secondary N) is 1. The lowest BCUT2D eigenvalue weighted by Crippen LogP contribution is -2.16. The molecule has 0 radical (unpaired) electrons. The minimum atomic E-state index is -3.83. The van der Waals surface area contributed by atoms with Crippen LogP contribution in [0, 0.1) is 0 Å². The number of rotatable bonds is 6. The molecule has 0 bridgehead atoms. The molecule has 0 aromatic rings. The van der Waals surface area contributed by atoms with Crippen molar-refractivity contribution >= 4 is 7.60 Å². The van der Waals surface area contributed by atoms with Crippen LogP contribution in [0.15, 0.2) is 0 Å². The summed E-state index contributed by atoms with van der Waals surface area (Å²) in [6.07, 6.45) is 3.01. The first-order chi connectivity index (χ1) is 5.06. The topological polar surface area (TPSA) is 69.6 Å². The average Bonchev–Trinajstić information content (AvgIpc) is 1.85. The van der Waals surface area contributed by atoms with Gasteiger partial charge in [0.15, 0.2) is 0 Å². The van der Waals surface area contributed by atoms with Gasteiger partial charge in [-0.05, 0) is 13.0 Å². The van der Waals surface area contributed by atoms with E-state index in [4.69, 9.17) is 9.79 Å². The Morgan fingerprint density at radius 2 is 2.00 bits per heavy atom. The van der Waals surface area contributed by atoms with E-state index in [0.29, 0.717) is 6.54 Å². The Kier molecular flexibility index (Phi) is 5.78.